The zero-order valence-electron chi connectivity index (χ0n) is 12.1. The molecule has 0 aromatic carbocycles. The monoisotopic (exact) mass is 285 g/mol. The van der Waals surface area contributed by atoms with E-state index >= 15 is 0 Å². The third kappa shape index (κ3) is 5.56. The number of nitrogens with one attached hydrogen (secondary N) is 1. The maximum absolute atomic E-state index is 11.8. The number of likely N-dealkylation sites (tertiary alicyclic amines) is 1. The van der Waals surface area contributed by atoms with E-state index in [0.717, 1.165) is 12.8 Å². The van der Waals surface area contributed by atoms with Crippen molar-refractivity contribution in [2.45, 2.75) is 38.1 Å². The van der Waals surface area contributed by atoms with Gasteiger partial charge in [-0.1, -0.05) is 0 Å². The van der Waals surface area contributed by atoms with Gasteiger partial charge in [0.2, 0.25) is 5.91 Å². The van der Waals surface area contributed by atoms with Gasteiger partial charge in [-0.3, -0.25) is 14.9 Å². The molecule has 1 saturated heterocycles. The fourth-order valence-corrected chi connectivity index (χ4v) is 2.25. The van der Waals surface area contributed by atoms with Gasteiger partial charge in [-0.05, 0) is 33.4 Å². The molecule has 0 spiro atoms. The number of imide groups is 1. The molecule has 1 fully saturated rings. The molecule has 7 heteroatoms. The van der Waals surface area contributed by atoms with Gasteiger partial charge in [0.05, 0.1) is 0 Å². The van der Waals surface area contributed by atoms with Crippen molar-refractivity contribution in [1.82, 2.24) is 15.1 Å². The van der Waals surface area contributed by atoms with Crippen LogP contribution in [0.25, 0.3) is 0 Å². The lowest BCUT2D eigenvalue weighted by Gasteiger charge is -2.34. The van der Waals surface area contributed by atoms with Crippen molar-refractivity contribution in [3.05, 3.63) is 0 Å². The molecule has 114 valence electrons. The number of nitrogens with zero attached hydrogens (tertiary/aromatic N) is 2. The number of urea groups is 1. The first-order valence-corrected chi connectivity index (χ1v) is 6.87. The van der Waals surface area contributed by atoms with Gasteiger partial charge in [0, 0.05) is 32.0 Å². The first-order valence-electron chi connectivity index (χ1n) is 6.87. The Morgan fingerprint density at radius 3 is 2.30 bits per heavy atom. The third-order valence-corrected chi connectivity index (χ3v) is 3.52. The standard InChI is InChI=1S/C13H23N3O4/c1-15(2)10-6-8-16(9-7-10)13(20)14-11(17)4-3-5-12(18)19/h10H,3-9H2,1-2H3,(H,18,19)(H,14,17,20). The first-order chi connectivity index (χ1) is 9.40. The van der Waals surface area contributed by atoms with Crippen molar-refractivity contribution in [3.8, 4) is 0 Å². The highest BCUT2D eigenvalue weighted by atomic mass is 16.4. The van der Waals surface area contributed by atoms with E-state index in [-0.39, 0.29) is 25.3 Å². The molecular formula is C13H23N3O4. The second-order valence-electron chi connectivity index (χ2n) is 5.28. The van der Waals surface area contributed by atoms with Crippen LogP contribution >= 0.6 is 0 Å². The summed E-state index contributed by atoms with van der Waals surface area (Å²) in [5.41, 5.74) is 0. The molecule has 0 atom stereocenters. The summed E-state index contributed by atoms with van der Waals surface area (Å²) in [6, 6.07) is 0.104. The van der Waals surface area contributed by atoms with Gasteiger partial charge in [-0.25, -0.2) is 4.79 Å². The zero-order valence-corrected chi connectivity index (χ0v) is 12.1. The van der Waals surface area contributed by atoms with Crippen LogP contribution in [0.3, 0.4) is 0 Å². The smallest absolute Gasteiger partial charge is 0.324 e. The van der Waals surface area contributed by atoms with Crippen molar-refractivity contribution < 1.29 is 19.5 Å². The lowest BCUT2D eigenvalue weighted by atomic mass is 10.0. The van der Waals surface area contributed by atoms with Crippen molar-refractivity contribution in [3.63, 3.8) is 0 Å². The summed E-state index contributed by atoms with van der Waals surface area (Å²) in [5, 5.41) is 10.8. The largest absolute Gasteiger partial charge is 0.481 e. The molecule has 0 bridgehead atoms. The SMILES string of the molecule is CN(C)C1CCN(C(=O)NC(=O)CCCC(=O)O)CC1. The van der Waals surface area contributed by atoms with Gasteiger partial charge < -0.3 is 14.9 Å². The van der Waals surface area contributed by atoms with Crippen molar-refractivity contribution >= 4 is 17.9 Å². The van der Waals surface area contributed by atoms with E-state index in [4.69, 9.17) is 5.11 Å². The molecular weight excluding hydrogens is 262 g/mol. The Bertz CT molecular complexity index is 363. The van der Waals surface area contributed by atoms with Crippen LogP contribution in [0, 0.1) is 0 Å². The van der Waals surface area contributed by atoms with E-state index in [1.54, 1.807) is 4.90 Å². The molecule has 20 heavy (non-hydrogen) atoms. The Balaban J connectivity index is 2.26. The highest BCUT2D eigenvalue weighted by Crippen LogP contribution is 2.14. The first kappa shape index (κ1) is 16.4. The van der Waals surface area contributed by atoms with Crippen LogP contribution in [-0.2, 0) is 9.59 Å². The summed E-state index contributed by atoms with van der Waals surface area (Å²) in [5.74, 6) is -1.35. The van der Waals surface area contributed by atoms with Crippen LogP contribution in [0.15, 0.2) is 0 Å². The quantitative estimate of drug-likeness (QED) is 0.768. The molecule has 0 aromatic rings. The Labute approximate surface area is 118 Å². The molecule has 0 aliphatic carbocycles. The van der Waals surface area contributed by atoms with E-state index in [1.165, 1.54) is 0 Å². The van der Waals surface area contributed by atoms with Crippen LogP contribution in [-0.4, -0.2) is 66.0 Å². The molecule has 1 aliphatic heterocycles. The number of rotatable bonds is 5. The summed E-state index contributed by atoms with van der Waals surface area (Å²) in [7, 11) is 4.04. The molecule has 1 aliphatic rings. The fraction of sp³-hybridized carbons (Fsp3) is 0.769. The van der Waals surface area contributed by atoms with Crippen LogP contribution in [0.2, 0.25) is 0 Å². The number of piperidine rings is 1. The van der Waals surface area contributed by atoms with Crippen molar-refractivity contribution in [1.29, 1.82) is 0 Å². The lowest BCUT2D eigenvalue weighted by molar-refractivity contribution is -0.137. The number of hydrogen-bond donors (Lipinski definition) is 2. The minimum atomic E-state index is -0.935. The third-order valence-electron chi connectivity index (χ3n) is 3.52. The summed E-state index contributed by atoms with van der Waals surface area (Å²) in [6.07, 6.45) is 2.04. The van der Waals surface area contributed by atoms with Crippen LogP contribution < -0.4 is 5.32 Å². The van der Waals surface area contributed by atoms with E-state index in [0.29, 0.717) is 19.1 Å². The normalized spacial score (nSPS) is 16.2. The van der Waals surface area contributed by atoms with Gasteiger partial charge >= 0.3 is 12.0 Å². The Kier molecular flexibility index (Phi) is 6.44. The molecule has 0 radical (unpaired) electrons. The van der Waals surface area contributed by atoms with E-state index in [2.05, 4.69) is 10.2 Å². The van der Waals surface area contributed by atoms with Crippen LogP contribution in [0.5, 0.6) is 0 Å². The number of carbonyl (C=O) groups excluding carboxylic acids is 2. The number of carboxylic acids is 1. The lowest BCUT2D eigenvalue weighted by Crippen LogP contribution is -2.49. The molecule has 2 N–H and O–H groups in total. The molecule has 0 aromatic heterocycles. The average molecular weight is 285 g/mol. The summed E-state index contributed by atoms with van der Waals surface area (Å²) >= 11 is 0. The van der Waals surface area contributed by atoms with Gasteiger partial charge in [-0.2, -0.15) is 0 Å². The second-order valence-corrected chi connectivity index (χ2v) is 5.28. The van der Waals surface area contributed by atoms with Crippen LogP contribution in [0.4, 0.5) is 4.79 Å². The Morgan fingerprint density at radius 2 is 1.80 bits per heavy atom. The molecule has 7 nitrogen and oxygen atoms in total. The molecule has 1 heterocycles. The predicted molar refractivity (Wildman–Crippen MR) is 73.3 cm³/mol. The highest BCUT2D eigenvalue weighted by molar-refractivity contribution is 5.94. The predicted octanol–water partition coefficient (Wildman–Crippen LogP) is 0.503. The minimum Gasteiger partial charge on any atom is -0.481 e. The Hall–Kier alpha value is -1.63. The van der Waals surface area contributed by atoms with Gasteiger partial charge in [0.15, 0.2) is 0 Å². The maximum atomic E-state index is 11.8. The minimum absolute atomic E-state index is 0.0597. The summed E-state index contributed by atoms with van der Waals surface area (Å²) in [6.45, 7) is 1.27. The van der Waals surface area contributed by atoms with Crippen LogP contribution in [0.1, 0.15) is 32.1 Å². The number of carbonyl (C=O) groups is 3. The zero-order chi connectivity index (χ0) is 15.1. The van der Waals surface area contributed by atoms with Gasteiger partial charge in [-0.15, -0.1) is 0 Å². The molecule has 3 amide bonds. The molecule has 1 rings (SSSR count). The maximum Gasteiger partial charge on any atom is 0.324 e. The van der Waals surface area contributed by atoms with E-state index < -0.39 is 11.9 Å². The van der Waals surface area contributed by atoms with Gasteiger partial charge in [0.25, 0.3) is 0 Å². The van der Waals surface area contributed by atoms with E-state index in [9.17, 15) is 14.4 Å². The number of carboxylic acid groups (broad SMARTS) is 1. The number of amides is 3. The molecule has 0 unspecified atom stereocenters. The number of hydrogen-bond acceptors (Lipinski definition) is 4. The fourth-order valence-electron chi connectivity index (χ4n) is 2.25. The highest BCUT2D eigenvalue weighted by Gasteiger charge is 2.24. The van der Waals surface area contributed by atoms with Gasteiger partial charge in [0.1, 0.15) is 0 Å². The average Bonchev–Trinajstić information content (AvgIpc) is 2.38. The van der Waals surface area contributed by atoms with E-state index in [1.807, 2.05) is 14.1 Å². The summed E-state index contributed by atoms with van der Waals surface area (Å²) in [4.78, 5) is 37.4. The number of aliphatic carboxylic acids is 1. The topological polar surface area (TPSA) is 90.0 Å². The van der Waals surface area contributed by atoms with Crippen molar-refractivity contribution in [2.75, 3.05) is 27.2 Å². The second kappa shape index (κ2) is 7.84. The van der Waals surface area contributed by atoms with Crippen molar-refractivity contribution in [2.24, 2.45) is 0 Å². The summed E-state index contributed by atoms with van der Waals surface area (Å²) < 4.78 is 0. The Morgan fingerprint density at radius 1 is 1.20 bits per heavy atom. The molecule has 0 saturated carbocycles.